The van der Waals surface area contributed by atoms with Gasteiger partial charge >= 0.3 is 0 Å². The maximum Gasteiger partial charge on any atom is 0.251 e. The number of nitrogens with one attached hydrogen (secondary N) is 4. The number of rotatable bonds is 8. The van der Waals surface area contributed by atoms with E-state index in [4.69, 9.17) is 23.2 Å². The van der Waals surface area contributed by atoms with Gasteiger partial charge in [-0.15, -0.1) is 0 Å². The summed E-state index contributed by atoms with van der Waals surface area (Å²) in [6.45, 7) is 7.96. The van der Waals surface area contributed by atoms with Crippen molar-refractivity contribution in [2.24, 2.45) is 0 Å². The highest BCUT2D eigenvalue weighted by Gasteiger charge is 2.25. The van der Waals surface area contributed by atoms with Crippen molar-refractivity contribution in [3.63, 3.8) is 0 Å². The van der Waals surface area contributed by atoms with Gasteiger partial charge in [0.25, 0.3) is 5.91 Å². The highest BCUT2D eigenvalue weighted by molar-refractivity contribution is 6.35. The van der Waals surface area contributed by atoms with Gasteiger partial charge in [0.2, 0.25) is 0 Å². The fraction of sp³-hybridized carbons (Fsp3) is 0.464. The van der Waals surface area contributed by atoms with Gasteiger partial charge in [0.05, 0.1) is 0 Å². The first-order valence-electron chi connectivity index (χ1n) is 12.9. The van der Waals surface area contributed by atoms with Gasteiger partial charge in [-0.25, -0.2) is 0 Å². The first kappa shape index (κ1) is 26.8. The molecule has 0 saturated carbocycles. The molecule has 4 rings (SSSR count). The molecule has 2 heterocycles. The molecule has 2 saturated heterocycles. The second-order valence-electron chi connectivity index (χ2n) is 9.86. The molecule has 2 aliphatic heterocycles. The number of benzene rings is 2. The molecule has 0 aliphatic carbocycles. The van der Waals surface area contributed by atoms with Crippen molar-refractivity contribution in [1.29, 1.82) is 0 Å². The fourth-order valence-corrected chi connectivity index (χ4v) is 5.27. The Morgan fingerprint density at radius 3 is 2.64 bits per heavy atom. The number of hydrogen-bond donors (Lipinski definition) is 4. The maximum atomic E-state index is 12.7. The molecule has 1 amide bonds. The smallest absolute Gasteiger partial charge is 0.251 e. The van der Waals surface area contributed by atoms with Gasteiger partial charge in [-0.1, -0.05) is 35.7 Å². The third-order valence-electron chi connectivity index (χ3n) is 6.90. The predicted octanol–water partition coefficient (Wildman–Crippen LogP) is 5.04. The standard InChI is InChI=1S/C28H37Cl2N5O/c1-19-18-35(20(2)17-33-19)27(16-25-5-3-4-13-31-25)34-24-10-7-22(8-11-24)28(36)32-14-12-21-6-9-23(29)15-26(21)30/h6-11,15-16,19-20,25,31,33-34H,3-5,12-14,17-18H2,1-2H3,(H,32,36)/b27-16-/t19-,20+,25?/m1/s1. The molecule has 0 radical (unpaired) electrons. The van der Waals surface area contributed by atoms with Crippen LogP contribution in [0.25, 0.3) is 0 Å². The number of piperazine rings is 1. The van der Waals surface area contributed by atoms with E-state index >= 15 is 0 Å². The average Bonchev–Trinajstić information content (AvgIpc) is 2.87. The molecule has 2 fully saturated rings. The predicted molar refractivity (Wildman–Crippen MR) is 150 cm³/mol. The third kappa shape index (κ3) is 7.39. The lowest BCUT2D eigenvalue weighted by Crippen LogP contribution is -2.54. The topological polar surface area (TPSA) is 68.4 Å². The van der Waals surface area contributed by atoms with E-state index < -0.39 is 0 Å². The molecule has 2 aromatic carbocycles. The Hall–Kier alpha value is -2.25. The molecule has 1 unspecified atom stereocenters. The molecule has 0 bridgehead atoms. The third-order valence-corrected chi connectivity index (χ3v) is 7.48. The van der Waals surface area contributed by atoms with E-state index in [-0.39, 0.29) is 5.91 Å². The van der Waals surface area contributed by atoms with Crippen LogP contribution in [0.15, 0.2) is 54.4 Å². The van der Waals surface area contributed by atoms with E-state index in [1.54, 1.807) is 6.07 Å². The first-order valence-corrected chi connectivity index (χ1v) is 13.7. The molecule has 4 N–H and O–H groups in total. The van der Waals surface area contributed by atoms with Crippen LogP contribution in [0.3, 0.4) is 0 Å². The maximum absolute atomic E-state index is 12.7. The Morgan fingerprint density at radius 2 is 1.92 bits per heavy atom. The van der Waals surface area contributed by atoms with Crippen LogP contribution in [0.2, 0.25) is 10.0 Å². The molecule has 2 aromatic rings. The normalized spacial score (nSPS) is 22.8. The second kappa shape index (κ2) is 12.8. The van der Waals surface area contributed by atoms with Gasteiger partial charge in [0, 0.05) is 59.1 Å². The lowest BCUT2D eigenvalue weighted by atomic mass is 10.0. The summed E-state index contributed by atoms with van der Waals surface area (Å²) in [7, 11) is 0. The van der Waals surface area contributed by atoms with E-state index in [0.29, 0.717) is 46.7 Å². The molecular weight excluding hydrogens is 493 g/mol. The second-order valence-corrected chi connectivity index (χ2v) is 10.7. The summed E-state index contributed by atoms with van der Waals surface area (Å²) in [4.78, 5) is 15.1. The molecule has 194 valence electrons. The van der Waals surface area contributed by atoms with Gasteiger partial charge in [-0.3, -0.25) is 4.79 Å². The lowest BCUT2D eigenvalue weighted by Gasteiger charge is -2.41. The van der Waals surface area contributed by atoms with E-state index in [2.05, 4.69) is 46.1 Å². The molecule has 8 heteroatoms. The average molecular weight is 531 g/mol. The van der Waals surface area contributed by atoms with Gasteiger partial charge in [-0.05, 0) is 87.7 Å². The van der Waals surface area contributed by atoms with Crippen molar-refractivity contribution in [1.82, 2.24) is 20.9 Å². The van der Waals surface area contributed by atoms with Crippen LogP contribution in [-0.2, 0) is 6.42 Å². The minimum Gasteiger partial charge on any atom is -0.353 e. The summed E-state index contributed by atoms with van der Waals surface area (Å²) < 4.78 is 0. The van der Waals surface area contributed by atoms with Crippen LogP contribution >= 0.6 is 23.2 Å². The number of amides is 1. The number of nitrogens with zero attached hydrogens (tertiary/aromatic N) is 1. The zero-order chi connectivity index (χ0) is 25.5. The molecule has 2 aliphatic rings. The summed E-state index contributed by atoms with van der Waals surface area (Å²) in [5.74, 6) is 1.03. The van der Waals surface area contributed by atoms with Crippen molar-refractivity contribution in [3.8, 4) is 0 Å². The monoisotopic (exact) mass is 529 g/mol. The lowest BCUT2D eigenvalue weighted by molar-refractivity contribution is 0.0954. The molecule has 3 atom stereocenters. The number of piperidine rings is 1. The number of halogens is 2. The van der Waals surface area contributed by atoms with Crippen LogP contribution in [0, 0.1) is 0 Å². The zero-order valence-corrected chi connectivity index (χ0v) is 22.6. The van der Waals surface area contributed by atoms with Crippen molar-refractivity contribution in [2.75, 3.05) is 31.5 Å². The summed E-state index contributed by atoms with van der Waals surface area (Å²) in [6, 6.07) is 14.3. The molecular formula is C28H37Cl2N5O. The van der Waals surface area contributed by atoms with Gasteiger partial charge < -0.3 is 26.2 Å². The van der Waals surface area contributed by atoms with E-state index in [0.717, 1.165) is 43.1 Å². The summed E-state index contributed by atoms with van der Waals surface area (Å²) in [5.41, 5.74) is 2.57. The molecule has 0 spiro atoms. The summed E-state index contributed by atoms with van der Waals surface area (Å²) in [6.07, 6.45) is 6.64. The number of carbonyl (C=O) groups is 1. The van der Waals surface area contributed by atoms with Crippen LogP contribution in [0.1, 0.15) is 49.0 Å². The SMILES string of the molecule is C[C@@H]1CN(/C(=C\C2CCCCN2)Nc2ccc(C(=O)NCCc3ccc(Cl)cc3Cl)cc2)[C@@H](C)CN1. The number of hydrogen-bond acceptors (Lipinski definition) is 5. The first-order chi connectivity index (χ1) is 17.4. The summed E-state index contributed by atoms with van der Waals surface area (Å²) in [5, 5.41) is 15.1. The highest BCUT2D eigenvalue weighted by Crippen LogP contribution is 2.22. The molecule has 0 aromatic heterocycles. The Balaban J connectivity index is 1.39. The van der Waals surface area contributed by atoms with Gasteiger partial charge in [0.15, 0.2) is 0 Å². The van der Waals surface area contributed by atoms with Crippen molar-refractivity contribution in [3.05, 3.63) is 75.5 Å². The minimum absolute atomic E-state index is 0.0987. The van der Waals surface area contributed by atoms with E-state index in [9.17, 15) is 4.79 Å². The number of anilines is 1. The van der Waals surface area contributed by atoms with Crippen molar-refractivity contribution in [2.45, 2.75) is 57.7 Å². The Labute approximate surface area is 224 Å². The summed E-state index contributed by atoms with van der Waals surface area (Å²) >= 11 is 12.2. The van der Waals surface area contributed by atoms with Crippen LogP contribution in [0.5, 0.6) is 0 Å². The fourth-order valence-electron chi connectivity index (χ4n) is 4.77. The van der Waals surface area contributed by atoms with Gasteiger partial charge in [-0.2, -0.15) is 0 Å². The van der Waals surface area contributed by atoms with Crippen LogP contribution < -0.4 is 21.3 Å². The van der Waals surface area contributed by atoms with Crippen LogP contribution in [-0.4, -0.2) is 55.1 Å². The highest BCUT2D eigenvalue weighted by atomic mass is 35.5. The van der Waals surface area contributed by atoms with Gasteiger partial charge in [0.1, 0.15) is 5.82 Å². The van der Waals surface area contributed by atoms with Crippen molar-refractivity contribution < 1.29 is 4.79 Å². The Bertz CT molecular complexity index is 1050. The minimum atomic E-state index is -0.0987. The largest absolute Gasteiger partial charge is 0.353 e. The zero-order valence-electron chi connectivity index (χ0n) is 21.1. The van der Waals surface area contributed by atoms with E-state index in [1.807, 2.05) is 36.4 Å². The van der Waals surface area contributed by atoms with Crippen molar-refractivity contribution >= 4 is 34.8 Å². The quantitative estimate of drug-likeness (QED) is 0.385. The van der Waals surface area contributed by atoms with Crippen LogP contribution in [0.4, 0.5) is 5.69 Å². The molecule has 6 nitrogen and oxygen atoms in total. The Morgan fingerprint density at radius 1 is 1.11 bits per heavy atom. The Kier molecular flexibility index (Phi) is 9.54. The van der Waals surface area contributed by atoms with E-state index in [1.165, 1.54) is 12.8 Å². The molecule has 36 heavy (non-hydrogen) atoms. The number of carbonyl (C=O) groups excluding carboxylic acids is 1.